The van der Waals surface area contributed by atoms with Crippen molar-refractivity contribution in [1.82, 2.24) is 0 Å². The van der Waals surface area contributed by atoms with E-state index in [1.807, 2.05) is 32.0 Å². The number of ketones is 2. The largest absolute Gasteiger partial charge is 0.493 e. The van der Waals surface area contributed by atoms with Gasteiger partial charge in [0, 0.05) is 17.4 Å². The second-order valence-electron chi connectivity index (χ2n) is 6.63. The molecule has 3 rings (SSSR count). The topological polar surface area (TPSA) is 61.8 Å². The van der Waals surface area contributed by atoms with Crippen LogP contribution in [0.15, 0.2) is 30.0 Å². The molecule has 1 fully saturated rings. The van der Waals surface area contributed by atoms with Gasteiger partial charge in [-0.05, 0) is 29.5 Å². The quantitative estimate of drug-likeness (QED) is 0.849. The summed E-state index contributed by atoms with van der Waals surface area (Å²) in [6.07, 6.45) is 1.35. The highest BCUT2D eigenvalue weighted by Crippen LogP contribution is 2.63. The van der Waals surface area contributed by atoms with Crippen LogP contribution in [0.3, 0.4) is 0 Å². The summed E-state index contributed by atoms with van der Waals surface area (Å²) >= 11 is 0. The van der Waals surface area contributed by atoms with Gasteiger partial charge in [0.15, 0.2) is 23.0 Å². The van der Waals surface area contributed by atoms with Gasteiger partial charge in [-0.1, -0.05) is 19.9 Å². The highest BCUT2D eigenvalue weighted by Gasteiger charge is 2.65. The van der Waals surface area contributed by atoms with Crippen LogP contribution in [-0.4, -0.2) is 32.9 Å². The van der Waals surface area contributed by atoms with Crippen molar-refractivity contribution < 1.29 is 23.8 Å². The van der Waals surface area contributed by atoms with Crippen LogP contribution in [0.2, 0.25) is 0 Å². The van der Waals surface area contributed by atoms with Gasteiger partial charge in [0.1, 0.15) is 0 Å². The van der Waals surface area contributed by atoms with Gasteiger partial charge in [-0.25, -0.2) is 0 Å². The SMILES string of the molecule is COC1=CC(=O)[C@@]2(C)C(C1=O)[C@H](c1ccc(OC)c(OC)c1)[C@H]2C. The summed E-state index contributed by atoms with van der Waals surface area (Å²) in [6.45, 7) is 3.90. The summed E-state index contributed by atoms with van der Waals surface area (Å²) < 4.78 is 15.8. The lowest BCUT2D eigenvalue weighted by atomic mass is 9.42. The van der Waals surface area contributed by atoms with Crippen molar-refractivity contribution in [2.24, 2.45) is 17.3 Å². The predicted molar refractivity (Wildman–Crippen MR) is 88.2 cm³/mol. The number of hydrogen-bond donors (Lipinski definition) is 0. The molecule has 4 atom stereocenters. The van der Waals surface area contributed by atoms with E-state index >= 15 is 0 Å². The molecule has 0 heterocycles. The van der Waals surface area contributed by atoms with E-state index in [-0.39, 0.29) is 29.2 Å². The van der Waals surface area contributed by atoms with E-state index in [0.29, 0.717) is 11.5 Å². The molecule has 1 saturated carbocycles. The lowest BCUT2D eigenvalue weighted by Crippen LogP contribution is -2.61. The van der Waals surface area contributed by atoms with E-state index in [9.17, 15) is 9.59 Å². The maximum Gasteiger partial charge on any atom is 0.202 e. The van der Waals surface area contributed by atoms with Crippen molar-refractivity contribution in [3.8, 4) is 11.5 Å². The molecule has 0 N–H and O–H groups in total. The van der Waals surface area contributed by atoms with Crippen molar-refractivity contribution >= 4 is 11.6 Å². The summed E-state index contributed by atoms with van der Waals surface area (Å²) in [4.78, 5) is 25.3. The molecular formula is C19H22O5. The van der Waals surface area contributed by atoms with Crippen LogP contribution in [0.4, 0.5) is 0 Å². The second kappa shape index (κ2) is 5.65. The molecule has 2 aliphatic rings. The van der Waals surface area contributed by atoms with Crippen LogP contribution >= 0.6 is 0 Å². The normalized spacial score (nSPS) is 31.7. The van der Waals surface area contributed by atoms with Crippen molar-refractivity contribution in [2.75, 3.05) is 21.3 Å². The van der Waals surface area contributed by atoms with E-state index in [1.54, 1.807) is 14.2 Å². The Hall–Kier alpha value is -2.30. The number of benzene rings is 1. The Labute approximate surface area is 141 Å². The third-order valence-electron chi connectivity index (χ3n) is 5.82. The molecule has 0 amide bonds. The zero-order valence-corrected chi connectivity index (χ0v) is 14.6. The minimum atomic E-state index is -0.670. The van der Waals surface area contributed by atoms with Gasteiger partial charge in [-0.2, -0.15) is 0 Å². The summed E-state index contributed by atoms with van der Waals surface area (Å²) in [7, 11) is 4.59. The number of rotatable bonds is 4. The third kappa shape index (κ3) is 2.00. The van der Waals surface area contributed by atoms with Gasteiger partial charge in [-0.3, -0.25) is 9.59 Å². The first-order valence-corrected chi connectivity index (χ1v) is 7.96. The van der Waals surface area contributed by atoms with Crippen LogP contribution in [0.1, 0.15) is 25.3 Å². The Balaban J connectivity index is 2.04. The molecule has 0 aromatic heterocycles. The number of ether oxygens (including phenoxy) is 3. The molecule has 5 nitrogen and oxygen atoms in total. The summed E-state index contributed by atoms with van der Waals surface area (Å²) in [5.41, 5.74) is 0.304. The van der Waals surface area contributed by atoms with Crippen LogP contribution in [0, 0.1) is 17.3 Å². The maximum absolute atomic E-state index is 12.8. The number of Topliss-reactive ketones (excluding diaryl/α,β-unsaturated/α-hetero) is 1. The highest BCUT2D eigenvalue weighted by molar-refractivity contribution is 6.13. The maximum atomic E-state index is 12.8. The first-order valence-electron chi connectivity index (χ1n) is 7.96. The number of carbonyl (C=O) groups is 2. The van der Waals surface area contributed by atoms with Gasteiger partial charge in [0.25, 0.3) is 0 Å². The first kappa shape index (κ1) is 16.6. The van der Waals surface area contributed by atoms with Gasteiger partial charge in [-0.15, -0.1) is 0 Å². The molecule has 24 heavy (non-hydrogen) atoms. The Morgan fingerprint density at radius 2 is 1.67 bits per heavy atom. The molecule has 0 bridgehead atoms. The van der Waals surface area contributed by atoms with Gasteiger partial charge in [0.2, 0.25) is 5.78 Å². The van der Waals surface area contributed by atoms with E-state index in [2.05, 4.69) is 0 Å². The number of methoxy groups -OCH3 is 3. The van der Waals surface area contributed by atoms with E-state index < -0.39 is 11.3 Å². The lowest BCUT2D eigenvalue weighted by Gasteiger charge is -2.58. The molecule has 5 heteroatoms. The molecular weight excluding hydrogens is 308 g/mol. The van der Waals surface area contributed by atoms with Crippen LogP contribution in [0.5, 0.6) is 11.5 Å². The smallest absolute Gasteiger partial charge is 0.202 e. The standard InChI is InChI=1S/C19H22O5/c1-10-16(11-6-7-12(22-3)13(8-11)23-4)17-18(21)14(24-5)9-15(20)19(10,17)2/h6-10,16-17H,1-5H3/t10-,16+,17?,19+/m1/s1. The van der Waals surface area contributed by atoms with Crippen LogP contribution in [-0.2, 0) is 14.3 Å². The Bertz CT molecular complexity index is 735. The van der Waals surface area contributed by atoms with E-state index in [1.165, 1.54) is 13.2 Å². The molecule has 2 aliphatic carbocycles. The lowest BCUT2D eigenvalue weighted by molar-refractivity contribution is -0.159. The monoisotopic (exact) mass is 330 g/mol. The minimum Gasteiger partial charge on any atom is -0.493 e. The van der Waals surface area contributed by atoms with Crippen molar-refractivity contribution in [3.05, 3.63) is 35.6 Å². The summed E-state index contributed by atoms with van der Waals surface area (Å²) in [5.74, 6) is 0.868. The molecule has 1 aromatic carbocycles. The van der Waals surface area contributed by atoms with Gasteiger partial charge < -0.3 is 14.2 Å². The number of allylic oxidation sites excluding steroid dienone is 2. The summed E-state index contributed by atoms with van der Waals surface area (Å²) in [6, 6.07) is 5.66. The van der Waals surface area contributed by atoms with Crippen molar-refractivity contribution in [2.45, 2.75) is 19.8 Å². The number of hydrogen-bond acceptors (Lipinski definition) is 5. The minimum absolute atomic E-state index is 0.0341. The fraction of sp³-hybridized carbons (Fsp3) is 0.474. The van der Waals surface area contributed by atoms with Crippen molar-refractivity contribution in [3.63, 3.8) is 0 Å². The molecule has 128 valence electrons. The molecule has 0 aliphatic heterocycles. The van der Waals surface area contributed by atoms with Crippen LogP contribution in [0.25, 0.3) is 0 Å². The highest BCUT2D eigenvalue weighted by atomic mass is 16.5. The average Bonchev–Trinajstić information content (AvgIpc) is 2.60. The zero-order chi connectivity index (χ0) is 17.6. The van der Waals surface area contributed by atoms with E-state index in [4.69, 9.17) is 14.2 Å². The van der Waals surface area contributed by atoms with Gasteiger partial charge in [0.05, 0.1) is 21.3 Å². The second-order valence-corrected chi connectivity index (χ2v) is 6.63. The Morgan fingerprint density at radius 3 is 2.25 bits per heavy atom. The molecule has 0 radical (unpaired) electrons. The third-order valence-corrected chi connectivity index (χ3v) is 5.82. The number of carbonyl (C=O) groups excluding carboxylic acids is 2. The fourth-order valence-corrected chi connectivity index (χ4v) is 4.21. The number of fused-ring (bicyclic) bond motifs is 1. The van der Waals surface area contributed by atoms with Crippen LogP contribution < -0.4 is 9.47 Å². The Kier molecular flexibility index (Phi) is 3.90. The van der Waals surface area contributed by atoms with Crippen molar-refractivity contribution in [1.29, 1.82) is 0 Å². The Morgan fingerprint density at radius 1 is 1.00 bits per heavy atom. The zero-order valence-electron chi connectivity index (χ0n) is 14.6. The molecule has 1 aromatic rings. The van der Waals surface area contributed by atoms with E-state index in [0.717, 1.165) is 5.56 Å². The summed E-state index contributed by atoms with van der Waals surface area (Å²) in [5, 5.41) is 0. The first-order chi connectivity index (χ1) is 11.4. The molecule has 0 spiro atoms. The molecule has 1 unspecified atom stereocenters. The molecule has 0 saturated heterocycles. The average molecular weight is 330 g/mol. The fourth-order valence-electron chi connectivity index (χ4n) is 4.21. The van der Waals surface area contributed by atoms with Gasteiger partial charge >= 0.3 is 0 Å². The predicted octanol–water partition coefficient (Wildman–Crippen LogP) is 2.74.